The molecule has 18 heavy (non-hydrogen) atoms. The van der Waals surface area contributed by atoms with Crippen LogP contribution in [0.5, 0.6) is 0 Å². The van der Waals surface area contributed by atoms with E-state index in [9.17, 15) is 4.79 Å². The van der Waals surface area contributed by atoms with Crippen LogP contribution in [0.2, 0.25) is 0 Å². The zero-order chi connectivity index (χ0) is 13.0. The van der Waals surface area contributed by atoms with Crippen LogP contribution in [0, 0.1) is 17.8 Å². The minimum atomic E-state index is 0.353. The molecule has 104 valence electrons. The molecule has 2 nitrogen and oxygen atoms in total. The van der Waals surface area contributed by atoms with Crippen LogP contribution in [0.25, 0.3) is 0 Å². The molecule has 2 rings (SSSR count). The van der Waals surface area contributed by atoms with Crippen molar-refractivity contribution in [3.05, 3.63) is 0 Å². The van der Waals surface area contributed by atoms with Crippen molar-refractivity contribution < 1.29 is 4.79 Å². The zero-order valence-electron chi connectivity index (χ0n) is 12.2. The lowest BCUT2D eigenvalue weighted by atomic mass is 9.78. The second-order valence-corrected chi connectivity index (χ2v) is 6.41. The summed E-state index contributed by atoms with van der Waals surface area (Å²) in [6, 6.07) is 0. The number of rotatable bonds is 5. The van der Waals surface area contributed by atoms with Crippen molar-refractivity contribution in [1.82, 2.24) is 4.90 Å². The van der Waals surface area contributed by atoms with E-state index in [1.165, 1.54) is 45.2 Å². The van der Waals surface area contributed by atoms with Gasteiger partial charge in [0.25, 0.3) is 0 Å². The van der Waals surface area contributed by atoms with Gasteiger partial charge in [0.05, 0.1) is 0 Å². The molecule has 0 radical (unpaired) electrons. The van der Waals surface area contributed by atoms with Crippen molar-refractivity contribution in [1.29, 1.82) is 0 Å². The van der Waals surface area contributed by atoms with Crippen molar-refractivity contribution in [2.45, 2.75) is 58.8 Å². The van der Waals surface area contributed by atoms with Gasteiger partial charge < -0.3 is 4.90 Å². The smallest absolute Gasteiger partial charge is 0.137 e. The standard InChI is InChI=1S/C16H29NO/c1-3-5-14-6-7-16(18)15(10-14)12-17-9-8-13(4-2)11-17/h13-15H,3-12H2,1-2H3. The van der Waals surface area contributed by atoms with Gasteiger partial charge in [-0.05, 0) is 37.6 Å². The third kappa shape index (κ3) is 3.57. The summed E-state index contributed by atoms with van der Waals surface area (Å²) in [5.41, 5.74) is 0. The molecule has 3 unspecified atom stereocenters. The first-order valence-electron chi connectivity index (χ1n) is 7.98. The topological polar surface area (TPSA) is 20.3 Å². The molecular formula is C16H29NO. The van der Waals surface area contributed by atoms with E-state index in [4.69, 9.17) is 0 Å². The van der Waals surface area contributed by atoms with E-state index in [1.807, 2.05) is 0 Å². The van der Waals surface area contributed by atoms with Crippen molar-refractivity contribution in [3.63, 3.8) is 0 Å². The number of carbonyl (C=O) groups is 1. The monoisotopic (exact) mass is 251 g/mol. The van der Waals surface area contributed by atoms with E-state index in [0.717, 1.165) is 31.2 Å². The highest BCUT2D eigenvalue weighted by atomic mass is 16.1. The second kappa shape index (κ2) is 6.70. The maximum atomic E-state index is 12.1. The third-order valence-electron chi connectivity index (χ3n) is 5.00. The molecule has 1 saturated heterocycles. The molecule has 0 bridgehead atoms. The molecule has 2 fully saturated rings. The van der Waals surface area contributed by atoms with Gasteiger partial charge in [-0.2, -0.15) is 0 Å². The van der Waals surface area contributed by atoms with Crippen LogP contribution in [0.15, 0.2) is 0 Å². The fraction of sp³-hybridized carbons (Fsp3) is 0.938. The summed E-state index contributed by atoms with van der Waals surface area (Å²) in [5, 5.41) is 0. The predicted molar refractivity (Wildman–Crippen MR) is 75.6 cm³/mol. The van der Waals surface area contributed by atoms with E-state index in [1.54, 1.807) is 0 Å². The summed E-state index contributed by atoms with van der Waals surface area (Å²) in [6.45, 7) is 8.06. The quantitative estimate of drug-likeness (QED) is 0.745. The average molecular weight is 251 g/mol. The largest absolute Gasteiger partial charge is 0.302 e. The van der Waals surface area contributed by atoms with Crippen LogP contribution < -0.4 is 0 Å². The molecule has 0 amide bonds. The van der Waals surface area contributed by atoms with Gasteiger partial charge in [0.1, 0.15) is 5.78 Å². The number of ketones is 1. The number of carbonyl (C=O) groups excluding carboxylic acids is 1. The van der Waals surface area contributed by atoms with Gasteiger partial charge in [0.2, 0.25) is 0 Å². The number of hydrogen-bond acceptors (Lipinski definition) is 2. The molecule has 0 aromatic carbocycles. The summed E-state index contributed by atoms with van der Waals surface area (Å²) in [6.07, 6.45) is 8.40. The van der Waals surface area contributed by atoms with Crippen LogP contribution in [0.3, 0.4) is 0 Å². The number of hydrogen-bond donors (Lipinski definition) is 0. The molecule has 0 spiro atoms. The highest BCUT2D eigenvalue weighted by molar-refractivity contribution is 5.81. The number of likely N-dealkylation sites (tertiary alicyclic amines) is 1. The number of Topliss-reactive ketones (excluding diaryl/α,β-unsaturated/α-hetero) is 1. The zero-order valence-corrected chi connectivity index (χ0v) is 12.2. The van der Waals surface area contributed by atoms with Crippen LogP contribution in [0.1, 0.15) is 58.8 Å². The van der Waals surface area contributed by atoms with E-state index in [-0.39, 0.29) is 0 Å². The first kappa shape index (κ1) is 14.0. The van der Waals surface area contributed by atoms with Gasteiger partial charge in [0.15, 0.2) is 0 Å². The van der Waals surface area contributed by atoms with Crippen molar-refractivity contribution in [2.75, 3.05) is 19.6 Å². The van der Waals surface area contributed by atoms with Crippen LogP contribution >= 0.6 is 0 Å². The fourth-order valence-corrected chi connectivity index (χ4v) is 3.77. The molecule has 2 aliphatic rings. The van der Waals surface area contributed by atoms with Crippen molar-refractivity contribution >= 4 is 5.78 Å². The van der Waals surface area contributed by atoms with Gasteiger partial charge in [-0.25, -0.2) is 0 Å². The van der Waals surface area contributed by atoms with Crippen LogP contribution in [-0.4, -0.2) is 30.3 Å². The molecule has 1 aliphatic carbocycles. The number of nitrogens with zero attached hydrogens (tertiary/aromatic N) is 1. The minimum absolute atomic E-state index is 0.353. The highest BCUT2D eigenvalue weighted by Gasteiger charge is 2.31. The Kier molecular flexibility index (Phi) is 5.23. The van der Waals surface area contributed by atoms with Gasteiger partial charge in [-0.1, -0.05) is 33.1 Å². The average Bonchev–Trinajstić information content (AvgIpc) is 2.81. The molecule has 0 aromatic rings. The van der Waals surface area contributed by atoms with Crippen molar-refractivity contribution in [3.8, 4) is 0 Å². The van der Waals surface area contributed by atoms with Crippen molar-refractivity contribution in [2.24, 2.45) is 17.8 Å². The molecule has 0 N–H and O–H groups in total. The predicted octanol–water partition coefficient (Wildman–Crippen LogP) is 3.50. The summed E-state index contributed by atoms with van der Waals surface area (Å²) in [4.78, 5) is 14.6. The van der Waals surface area contributed by atoms with E-state index in [2.05, 4.69) is 18.7 Å². The maximum absolute atomic E-state index is 12.1. The molecule has 0 aromatic heterocycles. The second-order valence-electron chi connectivity index (χ2n) is 6.41. The van der Waals surface area contributed by atoms with Gasteiger partial charge in [-0.15, -0.1) is 0 Å². The summed E-state index contributed by atoms with van der Waals surface area (Å²) < 4.78 is 0. The van der Waals surface area contributed by atoms with E-state index >= 15 is 0 Å². The van der Waals surface area contributed by atoms with E-state index in [0.29, 0.717) is 11.7 Å². The van der Waals surface area contributed by atoms with Crippen LogP contribution in [-0.2, 0) is 4.79 Å². The first-order valence-corrected chi connectivity index (χ1v) is 7.98. The summed E-state index contributed by atoms with van der Waals surface area (Å²) in [7, 11) is 0. The van der Waals surface area contributed by atoms with Crippen LogP contribution in [0.4, 0.5) is 0 Å². The fourth-order valence-electron chi connectivity index (χ4n) is 3.77. The van der Waals surface area contributed by atoms with Gasteiger partial charge in [0, 0.05) is 25.4 Å². The summed E-state index contributed by atoms with van der Waals surface area (Å²) in [5.74, 6) is 2.60. The summed E-state index contributed by atoms with van der Waals surface area (Å²) >= 11 is 0. The molecule has 3 atom stereocenters. The Morgan fingerprint density at radius 2 is 2.06 bits per heavy atom. The normalized spacial score (nSPS) is 34.1. The lowest BCUT2D eigenvalue weighted by Gasteiger charge is -2.30. The molecular weight excluding hydrogens is 222 g/mol. The Morgan fingerprint density at radius 1 is 1.22 bits per heavy atom. The Morgan fingerprint density at radius 3 is 2.72 bits per heavy atom. The Hall–Kier alpha value is -0.370. The lowest BCUT2D eigenvalue weighted by Crippen LogP contribution is -2.35. The van der Waals surface area contributed by atoms with Gasteiger partial charge in [-0.3, -0.25) is 4.79 Å². The van der Waals surface area contributed by atoms with Gasteiger partial charge >= 0.3 is 0 Å². The third-order valence-corrected chi connectivity index (χ3v) is 5.00. The minimum Gasteiger partial charge on any atom is -0.302 e. The maximum Gasteiger partial charge on any atom is 0.137 e. The Bertz CT molecular complexity index is 276. The molecule has 1 heterocycles. The molecule has 2 heteroatoms. The van der Waals surface area contributed by atoms with E-state index < -0.39 is 0 Å². The lowest BCUT2D eigenvalue weighted by molar-refractivity contribution is -0.126. The SMILES string of the molecule is CCCC1CCC(=O)C(CN2CCC(CC)C2)C1. The first-order chi connectivity index (χ1) is 8.72. The Labute approximate surface area is 112 Å². The highest BCUT2D eigenvalue weighted by Crippen LogP contribution is 2.31. The molecule has 1 saturated carbocycles. The Balaban J connectivity index is 1.81. The molecule has 1 aliphatic heterocycles.